The van der Waals surface area contributed by atoms with Crippen molar-refractivity contribution >= 4 is 23.6 Å². The van der Waals surface area contributed by atoms with Crippen LogP contribution in [0.2, 0.25) is 0 Å². The molecular formula is C10H12N4S2. The average molecular weight is 252 g/mol. The number of nitrogens with zero attached hydrogens (tertiary/aromatic N) is 3. The van der Waals surface area contributed by atoms with Gasteiger partial charge in [-0.15, -0.1) is 11.3 Å². The zero-order chi connectivity index (χ0) is 11.1. The van der Waals surface area contributed by atoms with Gasteiger partial charge in [-0.2, -0.15) is 5.10 Å². The Morgan fingerprint density at radius 1 is 1.62 bits per heavy atom. The highest BCUT2D eigenvalue weighted by molar-refractivity contribution is 7.71. The number of thiazole rings is 1. The lowest BCUT2D eigenvalue weighted by atomic mass is 10.3. The summed E-state index contributed by atoms with van der Waals surface area (Å²) >= 11 is 6.95. The molecule has 0 saturated heterocycles. The number of nitrogens with one attached hydrogen (secondary N) is 1. The second-order valence-electron chi connectivity index (χ2n) is 4.08. The summed E-state index contributed by atoms with van der Waals surface area (Å²) in [6.07, 6.45) is 4.28. The quantitative estimate of drug-likeness (QED) is 0.854. The Labute approximate surface area is 102 Å². The molecule has 0 bridgehead atoms. The fourth-order valence-corrected chi connectivity index (χ4v) is 2.85. The fraction of sp³-hybridized carbons (Fsp3) is 0.500. The molecule has 0 radical (unpaired) electrons. The molecule has 1 atom stereocenters. The molecule has 16 heavy (non-hydrogen) atoms. The lowest BCUT2D eigenvalue weighted by molar-refractivity contribution is 0.592. The highest BCUT2D eigenvalue weighted by Crippen LogP contribution is 2.40. The number of hydrogen-bond acceptors (Lipinski definition) is 4. The Morgan fingerprint density at radius 3 is 3.06 bits per heavy atom. The zero-order valence-electron chi connectivity index (χ0n) is 8.88. The molecule has 2 aromatic heterocycles. The van der Waals surface area contributed by atoms with E-state index in [9.17, 15) is 0 Å². The van der Waals surface area contributed by atoms with E-state index in [2.05, 4.69) is 26.7 Å². The van der Waals surface area contributed by atoms with Gasteiger partial charge in [0.25, 0.3) is 0 Å². The smallest absolute Gasteiger partial charge is 0.195 e. The summed E-state index contributed by atoms with van der Waals surface area (Å²) in [5, 5.41) is 10.3. The molecule has 4 nitrogen and oxygen atoms in total. The second kappa shape index (κ2) is 3.78. The molecule has 0 aliphatic heterocycles. The average Bonchev–Trinajstić information content (AvgIpc) is 2.84. The van der Waals surface area contributed by atoms with Gasteiger partial charge in [0.1, 0.15) is 10.8 Å². The third-order valence-corrected chi connectivity index (χ3v) is 4.10. The van der Waals surface area contributed by atoms with Gasteiger partial charge in [0.05, 0.1) is 6.04 Å². The van der Waals surface area contributed by atoms with Gasteiger partial charge in [-0.3, -0.25) is 9.67 Å². The van der Waals surface area contributed by atoms with Crippen LogP contribution in [0.4, 0.5) is 0 Å². The first-order valence-electron chi connectivity index (χ1n) is 5.33. The SMILES string of the molecule is CC(c1nccs1)n1c(C2CC2)n[nH]c1=S. The normalized spacial score (nSPS) is 17.6. The lowest BCUT2D eigenvalue weighted by Gasteiger charge is -2.12. The molecule has 2 heterocycles. The van der Waals surface area contributed by atoms with Crippen LogP contribution in [0.25, 0.3) is 0 Å². The van der Waals surface area contributed by atoms with Crippen molar-refractivity contribution in [3.05, 3.63) is 27.2 Å². The molecule has 0 spiro atoms. The van der Waals surface area contributed by atoms with E-state index in [1.54, 1.807) is 11.3 Å². The van der Waals surface area contributed by atoms with Gasteiger partial charge in [-0.25, -0.2) is 4.98 Å². The minimum atomic E-state index is 0.182. The van der Waals surface area contributed by atoms with Gasteiger partial charge >= 0.3 is 0 Å². The van der Waals surface area contributed by atoms with Crippen LogP contribution in [-0.2, 0) is 0 Å². The fourth-order valence-electron chi connectivity index (χ4n) is 1.87. The monoisotopic (exact) mass is 252 g/mol. The number of rotatable bonds is 3. The maximum atomic E-state index is 5.29. The Bertz CT molecular complexity index is 535. The second-order valence-corrected chi connectivity index (χ2v) is 5.39. The lowest BCUT2D eigenvalue weighted by Crippen LogP contribution is -2.10. The molecule has 1 fully saturated rings. The van der Waals surface area contributed by atoms with Gasteiger partial charge in [0, 0.05) is 17.5 Å². The van der Waals surface area contributed by atoms with Crippen molar-refractivity contribution in [1.29, 1.82) is 0 Å². The third-order valence-electron chi connectivity index (χ3n) is 2.87. The van der Waals surface area contributed by atoms with Crippen molar-refractivity contribution in [2.45, 2.75) is 31.7 Å². The molecule has 1 unspecified atom stereocenters. The van der Waals surface area contributed by atoms with E-state index in [1.165, 1.54) is 12.8 Å². The Kier molecular flexibility index (Phi) is 2.40. The summed E-state index contributed by atoms with van der Waals surface area (Å²) < 4.78 is 2.80. The van der Waals surface area contributed by atoms with Crippen LogP contribution in [0.15, 0.2) is 11.6 Å². The van der Waals surface area contributed by atoms with Crippen LogP contribution < -0.4 is 0 Å². The molecule has 1 aliphatic rings. The summed E-state index contributed by atoms with van der Waals surface area (Å²) in [5.41, 5.74) is 0. The summed E-state index contributed by atoms with van der Waals surface area (Å²) in [7, 11) is 0. The van der Waals surface area contributed by atoms with E-state index in [1.807, 2.05) is 11.6 Å². The molecule has 2 aromatic rings. The molecule has 6 heteroatoms. The number of aromatic nitrogens is 4. The molecular weight excluding hydrogens is 240 g/mol. The Balaban J connectivity index is 2.05. The van der Waals surface area contributed by atoms with E-state index >= 15 is 0 Å². The third kappa shape index (κ3) is 1.62. The van der Waals surface area contributed by atoms with E-state index < -0.39 is 0 Å². The Hall–Kier alpha value is -1.01. The first kappa shape index (κ1) is 10.2. The summed E-state index contributed by atoms with van der Waals surface area (Å²) in [6, 6.07) is 0.182. The highest BCUT2D eigenvalue weighted by atomic mass is 32.1. The zero-order valence-corrected chi connectivity index (χ0v) is 10.5. The minimum absolute atomic E-state index is 0.182. The molecule has 1 aliphatic carbocycles. The topological polar surface area (TPSA) is 46.5 Å². The van der Waals surface area contributed by atoms with Crippen molar-refractivity contribution in [3.8, 4) is 0 Å². The first-order valence-corrected chi connectivity index (χ1v) is 6.62. The van der Waals surface area contributed by atoms with Crippen molar-refractivity contribution in [2.24, 2.45) is 0 Å². The number of hydrogen-bond donors (Lipinski definition) is 1. The van der Waals surface area contributed by atoms with Gasteiger partial charge in [-0.1, -0.05) is 0 Å². The molecule has 1 saturated carbocycles. The predicted molar refractivity (Wildman–Crippen MR) is 65.3 cm³/mol. The molecule has 1 N–H and O–H groups in total. The van der Waals surface area contributed by atoms with Crippen molar-refractivity contribution in [3.63, 3.8) is 0 Å². The van der Waals surface area contributed by atoms with Gasteiger partial charge in [-0.05, 0) is 32.0 Å². The summed E-state index contributed by atoms with van der Waals surface area (Å²) in [6.45, 7) is 2.12. The minimum Gasteiger partial charge on any atom is -0.294 e. The van der Waals surface area contributed by atoms with Gasteiger partial charge in [0.2, 0.25) is 0 Å². The summed E-state index contributed by atoms with van der Waals surface area (Å²) in [5.74, 6) is 1.68. The van der Waals surface area contributed by atoms with Crippen LogP contribution in [-0.4, -0.2) is 19.7 Å². The van der Waals surface area contributed by atoms with E-state index in [0.717, 1.165) is 10.8 Å². The standard InChI is InChI=1S/C10H12N4S2/c1-6(9-11-4-5-16-9)14-8(7-2-3-7)12-13-10(14)15/h4-7H,2-3H2,1H3,(H,13,15). The van der Waals surface area contributed by atoms with Crippen LogP contribution in [0.5, 0.6) is 0 Å². The molecule has 0 aromatic carbocycles. The van der Waals surface area contributed by atoms with Crippen LogP contribution in [0.1, 0.15) is 42.6 Å². The van der Waals surface area contributed by atoms with Gasteiger partial charge in [0.15, 0.2) is 4.77 Å². The van der Waals surface area contributed by atoms with Crippen LogP contribution >= 0.6 is 23.6 Å². The van der Waals surface area contributed by atoms with Gasteiger partial charge < -0.3 is 0 Å². The largest absolute Gasteiger partial charge is 0.294 e. The van der Waals surface area contributed by atoms with Crippen LogP contribution in [0.3, 0.4) is 0 Å². The predicted octanol–water partition coefficient (Wildman–Crippen LogP) is 2.88. The maximum Gasteiger partial charge on any atom is 0.195 e. The van der Waals surface area contributed by atoms with Crippen molar-refractivity contribution in [1.82, 2.24) is 19.7 Å². The van der Waals surface area contributed by atoms with E-state index in [4.69, 9.17) is 12.2 Å². The number of H-pyrrole nitrogens is 1. The number of aromatic amines is 1. The van der Waals surface area contributed by atoms with E-state index in [0.29, 0.717) is 10.7 Å². The Morgan fingerprint density at radius 2 is 2.44 bits per heavy atom. The highest BCUT2D eigenvalue weighted by Gasteiger charge is 2.30. The maximum absolute atomic E-state index is 5.29. The van der Waals surface area contributed by atoms with Crippen molar-refractivity contribution in [2.75, 3.05) is 0 Å². The van der Waals surface area contributed by atoms with Crippen molar-refractivity contribution < 1.29 is 0 Å². The first-order chi connectivity index (χ1) is 7.77. The molecule has 84 valence electrons. The molecule has 0 amide bonds. The molecule has 3 rings (SSSR count). The summed E-state index contributed by atoms with van der Waals surface area (Å²) in [4.78, 5) is 4.34. The van der Waals surface area contributed by atoms with Crippen LogP contribution in [0, 0.1) is 4.77 Å². The van der Waals surface area contributed by atoms with E-state index in [-0.39, 0.29) is 6.04 Å².